The number of phenols is 2. The van der Waals surface area contributed by atoms with Crippen LogP contribution in [0.2, 0.25) is 0 Å². The molecule has 0 spiro atoms. The Bertz CT molecular complexity index is 2170. The molecule has 1 fully saturated rings. The number of carbonyl (C=O) groups excluding carboxylic acids is 2. The second-order valence-electron chi connectivity index (χ2n) is 14.6. The van der Waals surface area contributed by atoms with Crippen LogP contribution in [0.25, 0.3) is 21.5 Å². The van der Waals surface area contributed by atoms with Crippen molar-refractivity contribution in [2.75, 3.05) is 34.9 Å². The van der Waals surface area contributed by atoms with Gasteiger partial charge in [-0.25, -0.2) is 9.59 Å². The summed E-state index contributed by atoms with van der Waals surface area (Å²) in [5.74, 6) is -2.56. The molecular formula is C43H46N2O10. The van der Waals surface area contributed by atoms with Crippen LogP contribution in [-0.4, -0.2) is 83.9 Å². The molecule has 1 heterocycles. The molecule has 1 unspecified atom stereocenters. The van der Waals surface area contributed by atoms with Crippen molar-refractivity contribution in [3.8, 4) is 23.0 Å². The number of nitrogens with zero attached hydrogens (tertiary/aromatic N) is 1. The Morgan fingerprint density at radius 3 is 1.65 bits per heavy atom. The fourth-order valence-corrected chi connectivity index (χ4v) is 7.65. The Kier molecular flexibility index (Phi) is 11.7. The topological polar surface area (TPSA) is 183 Å². The van der Waals surface area contributed by atoms with Crippen LogP contribution in [0.15, 0.2) is 78.9 Å². The van der Waals surface area contributed by atoms with Gasteiger partial charge in [0.1, 0.15) is 34.1 Å². The Hall–Kier alpha value is -6.14. The third-order valence-electron chi connectivity index (χ3n) is 10.5. The highest BCUT2D eigenvalue weighted by Crippen LogP contribution is 2.51. The average molecular weight is 751 g/mol. The van der Waals surface area contributed by atoms with Crippen LogP contribution >= 0.6 is 0 Å². The van der Waals surface area contributed by atoms with Crippen molar-refractivity contribution in [1.82, 2.24) is 10.2 Å². The van der Waals surface area contributed by atoms with Crippen molar-refractivity contribution < 1.29 is 49.1 Å². The molecule has 55 heavy (non-hydrogen) atoms. The molecule has 0 radical (unpaired) electrons. The van der Waals surface area contributed by atoms with E-state index in [0.717, 1.165) is 18.5 Å². The van der Waals surface area contributed by atoms with E-state index >= 15 is 0 Å². The number of hydrogen-bond acceptors (Lipinski definition) is 9. The molecule has 12 nitrogen and oxygen atoms in total. The van der Waals surface area contributed by atoms with Crippen molar-refractivity contribution in [2.45, 2.75) is 44.9 Å². The van der Waals surface area contributed by atoms with E-state index in [0.29, 0.717) is 57.0 Å². The summed E-state index contributed by atoms with van der Waals surface area (Å²) in [6.45, 7) is 4.84. The Labute approximate surface area is 318 Å². The number of amides is 2. The maximum absolute atomic E-state index is 13.2. The van der Waals surface area contributed by atoms with Gasteiger partial charge in [-0.3, -0.25) is 14.9 Å². The van der Waals surface area contributed by atoms with Crippen molar-refractivity contribution in [3.63, 3.8) is 0 Å². The van der Waals surface area contributed by atoms with E-state index in [-0.39, 0.29) is 29.4 Å². The number of carboxylic acids is 2. The molecule has 5 aromatic carbocycles. The fourth-order valence-electron chi connectivity index (χ4n) is 7.65. The molecule has 1 aliphatic rings. The SMILES string of the molecule is COc1cc(OC)cc(C2(CCCN(C)C)C(=O)NC(=O)CC2(C)C)c1.O=C(O)c1cc2ccccc2c(Cc2c(O)c(C(=O)O)cc3ccccc23)c1O. The minimum absolute atomic E-state index is 0.0407. The molecule has 0 bridgehead atoms. The van der Waals surface area contributed by atoms with Crippen molar-refractivity contribution >= 4 is 45.3 Å². The van der Waals surface area contributed by atoms with Crippen molar-refractivity contribution in [1.29, 1.82) is 0 Å². The van der Waals surface area contributed by atoms with Gasteiger partial charge in [-0.2, -0.15) is 0 Å². The summed E-state index contributed by atoms with van der Waals surface area (Å²) in [5, 5.41) is 45.4. The number of imide groups is 1. The zero-order chi connectivity index (χ0) is 40.2. The summed E-state index contributed by atoms with van der Waals surface area (Å²) in [7, 11) is 7.20. The van der Waals surface area contributed by atoms with Crippen LogP contribution < -0.4 is 14.8 Å². The molecule has 0 aromatic heterocycles. The number of piperidine rings is 1. The number of ether oxygens (including phenoxy) is 2. The highest BCUT2D eigenvalue weighted by molar-refractivity contribution is 6.05. The number of carboxylic acid groups (broad SMARTS) is 2. The molecule has 1 saturated heterocycles. The Balaban J connectivity index is 0.000000213. The van der Waals surface area contributed by atoms with Gasteiger partial charge in [0.2, 0.25) is 11.8 Å². The molecule has 0 saturated carbocycles. The van der Waals surface area contributed by atoms with Gasteiger partial charge in [-0.05, 0) is 90.3 Å². The third-order valence-corrected chi connectivity index (χ3v) is 10.5. The van der Waals surface area contributed by atoms with Crippen molar-refractivity contribution in [3.05, 3.63) is 107 Å². The Morgan fingerprint density at radius 1 is 0.764 bits per heavy atom. The van der Waals surface area contributed by atoms with Crippen LogP contribution in [0.1, 0.15) is 70.5 Å². The molecule has 1 atom stereocenters. The first kappa shape index (κ1) is 40.1. The predicted octanol–water partition coefficient (Wildman–Crippen LogP) is 6.75. The van der Waals surface area contributed by atoms with Gasteiger partial charge in [0, 0.05) is 30.0 Å². The van der Waals surface area contributed by atoms with E-state index in [9.17, 15) is 39.6 Å². The van der Waals surface area contributed by atoms with Crippen LogP contribution in [0.3, 0.4) is 0 Å². The largest absolute Gasteiger partial charge is 0.507 e. The zero-order valence-corrected chi connectivity index (χ0v) is 31.7. The van der Waals surface area contributed by atoms with Crippen LogP contribution in [0.5, 0.6) is 23.0 Å². The van der Waals surface area contributed by atoms with E-state index in [2.05, 4.69) is 10.2 Å². The monoisotopic (exact) mass is 750 g/mol. The number of aromatic hydroxyl groups is 2. The van der Waals surface area contributed by atoms with Crippen LogP contribution in [0, 0.1) is 5.41 Å². The summed E-state index contributed by atoms with van der Waals surface area (Å²) in [6, 6.07) is 22.3. The lowest BCUT2D eigenvalue weighted by molar-refractivity contribution is -0.145. The molecule has 5 aromatic rings. The maximum Gasteiger partial charge on any atom is 0.339 e. The molecular weight excluding hydrogens is 704 g/mol. The first-order valence-electron chi connectivity index (χ1n) is 17.7. The number of fused-ring (bicyclic) bond motifs is 2. The second-order valence-corrected chi connectivity index (χ2v) is 14.6. The first-order valence-corrected chi connectivity index (χ1v) is 17.7. The lowest BCUT2D eigenvalue weighted by Crippen LogP contribution is -2.61. The van der Waals surface area contributed by atoms with Gasteiger partial charge in [0.25, 0.3) is 0 Å². The molecule has 6 rings (SSSR count). The van der Waals surface area contributed by atoms with Gasteiger partial charge < -0.3 is 34.8 Å². The van der Waals surface area contributed by atoms with Crippen LogP contribution in [0.4, 0.5) is 0 Å². The lowest BCUT2D eigenvalue weighted by atomic mass is 9.56. The number of carbonyl (C=O) groups is 4. The van der Waals surface area contributed by atoms with E-state index in [1.807, 2.05) is 40.1 Å². The minimum atomic E-state index is -1.28. The number of hydrogen-bond donors (Lipinski definition) is 5. The first-order chi connectivity index (χ1) is 26.0. The van der Waals surface area contributed by atoms with Gasteiger partial charge in [0.15, 0.2) is 0 Å². The second kappa shape index (κ2) is 16.1. The summed E-state index contributed by atoms with van der Waals surface area (Å²) >= 11 is 0. The Morgan fingerprint density at radius 2 is 1.24 bits per heavy atom. The number of methoxy groups -OCH3 is 2. The average Bonchev–Trinajstić information content (AvgIpc) is 3.13. The van der Waals surface area contributed by atoms with Gasteiger partial charge in [-0.1, -0.05) is 62.4 Å². The molecule has 2 amide bonds. The van der Waals surface area contributed by atoms with E-state index < -0.39 is 34.3 Å². The standard InChI is InChI=1S/C23H16O6.C20H30N2O4/c24-20-16(14-7-3-1-5-12(14)9-18(20)22(26)27)11-17-15-8-4-2-6-13(15)10-19(21(17)25)23(28)29;1-19(2)13-17(23)21-18(24)20(19,8-7-9-22(3)4)14-10-15(25-5)12-16(11-14)26-6/h1-10,24-25H,11H2,(H,26,27)(H,28,29);10-12H,7-9,13H2,1-6H3,(H,21,23,24). The molecule has 12 heteroatoms. The highest BCUT2D eigenvalue weighted by Gasteiger charge is 2.56. The smallest absolute Gasteiger partial charge is 0.339 e. The maximum atomic E-state index is 13.2. The van der Waals surface area contributed by atoms with E-state index in [1.54, 1.807) is 68.8 Å². The van der Waals surface area contributed by atoms with Gasteiger partial charge in [-0.15, -0.1) is 0 Å². The number of nitrogens with one attached hydrogen (secondary N) is 1. The molecule has 5 N–H and O–H groups in total. The van der Waals surface area contributed by atoms with E-state index in [1.165, 1.54) is 12.1 Å². The quantitative estimate of drug-likeness (QED) is 0.0901. The van der Waals surface area contributed by atoms with Gasteiger partial charge >= 0.3 is 11.9 Å². The highest BCUT2D eigenvalue weighted by atomic mass is 16.5. The van der Waals surface area contributed by atoms with Crippen molar-refractivity contribution in [2.24, 2.45) is 5.41 Å². The summed E-state index contributed by atoms with van der Waals surface area (Å²) in [4.78, 5) is 50.5. The van der Waals surface area contributed by atoms with Gasteiger partial charge in [0.05, 0.1) is 19.6 Å². The number of aromatic carboxylic acids is 2. The third kappa shape index (κ3) is 7.90. The van der Waals surface area contributed by atoms with E-state index in [4.69, 9.17) is 9.47 Å². The molecule has 288 valence electrons. The van der Waals surface area contributed by atoms with Crippen LogP contribution in [-0.2, 0) is 21.4 Å². The molecule has 1 aliphatic heterocycles. The summed E-state index contributed by atoms with van der Waals surface area (Å²) in [5.41, 5.74) is -0.433. The lowest BCUT2D eigenvalue weighted by Gasteiger charge is -2.49. The predicted molar refractivity (Wildman–Crippen MR) is 209 cm³/mol. The molecule has 0 aliphatic carbocycles. The summed E-state index contributed by atoms with van der Waals surface area (Å²) < 4.78 is 10.8. The minimum Gasteiger partial charge on any atom is -0.507 e. The number of rotatable bonds is 11. The fraction of sp³-hybridized carbons (Fsp3) is 0.302. The number of benzene rings is 5. The zero-order valence-electron chi connectivity index (χ0n) is 31.7. The summed E-state index contributed by atoms with van der Waals surface area (Å²) in [6.07, 6.45) is 1.71. The normalized spacial score (nSPS) is 16.3.